The van der Waals surface area contributed by atoms with E-state index in [1.54, 1.807) is 13.8 Å². The number of hydrogen-bond donors (Lipinski definition) is 3. The third-order valence-corrected chi connectivity index (χ3v) is 2.15. The Balaban J connectivity index is 3.14. The Bertz CT molecular complexity index is 329. The summed E-state index contributed by atoms with van der Waals surface area (Å²) < 4.78 is 0. The summed E-state index contributed by atoms with van der Waals surface area (Å²) in [6, 6.07) is 0. The zero-order valence-electron chi connectivity index (χ0n) is 7.85. The minimum absolute atomic E-state index is 0.378. The van der Waals surface area contributed by atoms with Crippen LogP contribution >= 0.6 is 0 Å². The van der Waals surface area contributed by atoms with E-state index in [2.05, 4.69) is 4.98 Å². The maximum Gasteiger partial charge on any atom is 0.337 e. The van der Waals surface area contributed by atoms with E-state index >= 15 is 0 Å². The fourth-order valence-corrected chi connectivity index (χ4v) is 1.53. The van der Waals surface area contributed by atoms with E-state index in [4.69, 9.17) is 10.8 Å². The molecule has 4 heteroatoms. The SMILES string of the molecule is Cc1[nH]c(CCN)c(C)c1C(=O)O. The van der Waals surface area contributed by atoms with Crippen LogP contribution in [0.1, 0.15) is 27.3 Å². The first kappa shape index (κ1) is 9.80. The number of nitrogens with one attached hydrogen (secondary N) is 1. The average molecular weight is 182 g/mol. The molecule has 0 saturated heterocycles. The number of hydrogen-bond acceptors (Lipinski definition) is 2. The molecule has 1 aromatic rings. The minimum atomic E-state index is -0.880. The van der Waals surface area contributed by atoms with Gasteiger partial charge >= 0.3 is 5.97 Å². The van der Waals surface area contributed by atoms with Crippen LogP contribution in [-0.2, 0) is 6.42 Å². The van der Waals surface area contributed by atoms with Gasteiger partial charge in [-0.05, 0) is 32.4 Å². The first-order valence-electron chi connectivity index (χ1n) is 4.19. The van der Waals surface area contributed by atoms with E-state index < -0.39 is 5.97 Å². The Morgan fingerprint density at radius 1 is 1.54 bits per heavy atom. The van der Waals surface area contributed by atoms with Crippen LogP contribution in [0.3, 0.4) is 0 Å². The summed E-state index contributed by atoms with van der Waals surface area (Å²) in [4.78, 5) is 13.8. The highest BCUT2D eigenvalue weighted by atomic mass is 16.4. The lowest BCUT2D eigenvalue weighted by Gasteiger charge is -1.96. The molecule has 1 rings (SSSR count). The summed E-state index contributed by atoms with van der Waals surface area (Å²) in [5.74, 6) is -0.880. The summed E-state index contributed by atoms with van der Waals surface area (Å²) in [5.41, 5.74) is 8.21. The number of carboxylic acid groups (broad SMARTS) is 1. The predicted molar refractivity (Wildman–Crippen MR) is 50.0 cm³/mol. The Hall–Kier alpha value is -1.29. The van der Waals surface area contributed by atoms with Gasteiger partial charge in [0.2, 0.25) is 0 Å². The molecule has 0 aromatic carbocycles. The average Bonchev–Trinajstić information content (AvgIpc) is 2.28. The van der Waals surface area contributed by atoms with E-state index in [0.29, 0.717) is 24.2 Å². The molecule has 0 aliphatic heterocycles. The third kappa shape index (κ3) is 1.72. The van der Waals surface area contributed by atoms with E-state index in [1.165, 1.54) is 0 Å². The van der Waals surface area contributed by atoms with Gasteiger partial charge < -0.3 is 15.8 Å². The van der Waals surface area contributed by atoms with Crippen molar-refractivity contribution in [1.82, 2.24) is 4.98 Å². The number of rotatable bonds is 3. The predicted octanol–water partition coefficient (Wildman–Crippen LogP) is 0.831. The highest BCUT2D eigenvalue weighted by Crippen LogP contribution is 2.17. The van der Waals surface area contributed by atoms with Crippen molar-refractivity contribution >= 4 is 5.97 Å². The van der Waals surface area contributed by atoms with Crippen LogP contribution in [0.25, 0.3) is 0 Å². The highest BCUT2D eigenvalue weighted by molar-refractivity contribution is 5.91. The van der Waals surface area contributed by atoms with Crippen molar-refractivity contribution in [3.8, 4) is 0 Å². The van der Waals surface area contributed by atoms with Gasteiger partial charge in [0.05, 0.1) is 5.56 Å². The molecule has 4 N–H and O–H groups in total. The standard InChI is InChI=1S/C9H14N2O2/c1-5-7(3-4-10)11-6(2)8(5)9(12)13/h11H,3-4,10H2,1-2H3,(H,12,13). The zero-order chi connectivity index (χ0) is 10.0. The van der Waals surface area contributed by atoms with Gasteiger partial charge in [-0.25, -0.2) is 4.79 Å². The molecule has 0 atom stereocenters. The topological polar surface area (TPSA) is 79.1 Å². The molecule has 0 radical (unpaired) electrons. The van der Waals surface area contributed by atoms with Gasteiger partial charge in [0, 0.05) is 11.4 Å². The van der Waals surface area contributed by atoms with E-state index in [0.717, 1.165) is 11.3 Å². The Kier molecular flexibility index (Phi) is 2.72. The normalized spacial score (nSPS) is 10.4. The second-order valence-corrected chi connectivity index (χ2v) is 3.07. The molecule has 72 valence electrons. The zero-order valence-corrected chi connectivity index (χ0v) is 7.85. The first-order valence-corrected chi connectivity index (χ1v) is 4.19. The van der Waals surface area contributed by atoms with Crippen LogP contribution in [0.4, 0.5) is 0 Å². The van der Waals surface area contributed by atoms with Gasteiger partial charge in [-0.2, -0.15) is 0 Å². The van der Waals surface area contributed by atoms with Crippen LogP contribution < -0.4 is 5.73 Å². The van der Waals surface area contributed by atoms with Crippen molar-refractivity contribution in [2.75, 3.05) is 6.54 Å². The number of aromatic amines is 1. The van der Waals surface area contributed by atoms with Crippen molar-refractivity contribution in [2.24, 2.45) is 5.73 Å². The van der Waals surface area contributed by atoms with Crippen LogP contribution in [0.15, 0.2) is 0 Å². The van der Waals surface area contributed by atoms with Crippen molar-refractivity contribution in [3.63, 3.8) is 0 Å². The summed E-state index contributed by atoms with van der Waals surface area (Å²) in [5, 5.41) is 8.88. The fraction of sp³-hybridized carbons (Fsp3) is 0.444. The second kappa shape index (κ2) is 3.62. The molecule has 0 aliphatic carbocycles. The maximum atomic E-state index is 10.8. The number of aromatic carboxylic acids is 1. The number of H-pyrrole nitrogens is 1. The van der Waals surface area contributed by atoms with Gasteiger partial charge in [-0.3, -0.25) is 0 Å². The number of aryl methyl sites for hydroxylation is 1. The molecule has 0 fully saturated rings. The van der Waals surface area contributed by atoms with Crippen molar-refractivity contribution in [3.05, 3.63) is 22.5 Å². The summed E-state index contributed by atoms with van der Waals surface area (Å²) in [7, 11) is 0. The Morgan fingerprint density at radius 3 is 2.54 bits per heavy atom. The molecular weight excluding hydrogens is 168 g/mol. The van der Waals surface area contributed by atoms with Gasteiger partial charge in [-0.15, -0.1) is 0 Å². The summed E-state index contributed by atoms with van der Waals surface area (Å²) in [6.07, 6.45) is 0.694. The maximum absolute atomic E-state index is 10.8. The third-order valence-electron chi connectivity index (χ3n) is 2.15. The molecular formula is C9H14N2O2. The highest BCUT2D eigenvalue weighted by Gasteiger charge is 2.16. The smallest absolute Gasteiger partial charge is 0.337 e. The second-order valence-electron chi connectivity index (χ2n) is 3.07. The number of carbonyl (C=O) groups is 1. The van der Waals surface area contributed by atoms with Crippen molar-refractivity contribution in [2.45, 2.75) is 20.3 Å². The molecule has 4 nitrogen and oxygen atoms in total. The van der Waals surface area contributed by atoms with Crippen molar-refractivity contribution < 1.29 is 9.90 Å². The fourth-order valence-electron chi connectivity index (χ4n) is 1.53. The largest absolute Gasteiger partial charge is 0.478 e. The number of carboxylic acids is 1. The van der Waals surface area contributed by atoms with E-state index in [9.17, 15) is 4.79 Å². The van der Waals surface area contributed by atoms with Crippen LogP contribution in [-0.4, -0.2) is 22.6 Å². The molecule has 0 unspecified atom stereocenters. The lowest BCUT2D eigenvalue weighted by molar-refractivity contribution is 0.0695. The monoisotopic (exact) mass is 182 g/mol. The van der Waals surface area contributed by atoms with Crippen LogP contribution in [0.2, 0.25) is 0 Å². The molecule has 0 aliphatic rings. The van der Waals surface area contributed by atoms with Gasteiger partial charge in [0.1, 0.15) is 0 Å². The Morgan fingerprint density at radius 2 is 2.15 bits per heavy atom. The van der Waals surface area contributed by atoms with Gasteiger partial charge in [-0.1, -0.05) is 0 Å². The molecule has 0 amide bonds. The Labute approximate surface area is 76.8 Å². The summed E-state index contributed by atoms with van der Waals surface area (Å²) >= 11 is 0. The molecule has 1 heterocycles. The van der Waals surface area contributed by atoms with E-state index in [1.807, 2.05) is 0 Å². The quantitative estimate of drug-likeness (QED) is 0.647. The van der Waals surface area contributed by atoms with Gasteiger partial charge in [0.25, 0.3) is 0 Å². The molecule has 13 heavy (non-hydrogen) atoms. The van der Waals surface area contributed by atoms with E-state index in [-0.39, 0.29) is 0 Å². The molecule has 0 spiro atoms. The first-order chi connectivity index (χ1) is 6.07. The molecule has 0 bridgehead atoms. The van der Waals surface area contributed by atoms with Crippen LogP contribution in [0, 0.1) is 13.8 Å². The lowest BCUT2D eigenvalue weighted by Crippen LogP contribution is -2.04. The minimum Gasteiger partial charge on any atom is -0.478 e. The molecule has 1 aromatic heterocycles. The summed E-state index contributed by atoms with van der Waals surface area (Å²) in [6.45, 7) is 4.09. The number of nitrogens with two attached hydrogens (primary N) is 1. The van der Waals surface area contributed by atoms with Gasteiger partial charge in [0.15, 0.2) is 0 Å². The van der Waals surface area contributed by atoms with Crippen LogP contribution in [0.5, 0.6) is 0 Å². The van der Waals surface area contributed by atoms with Crippen molar-refractivity contribution in [1.29, 1.82) is 0 Å². The molecule has 0 saturated carbocycles. The lowest BCUT2D eigenvalue weighted by atomic mass is 10.1. The number of aromatic nitrogens is 1.